The Bertz CT molecular complexity index is 3110. The molecule has 2 aromatic heterocycles. The summed E-state index contributed by atoms with van der Waals surface area (Å²) < 4.78 is 54.9. The molecular weight excluding hydrogens is 989 g/mol. The van der Waals surface area contributed by atoms with E-state index in [0.717, 1.165) is 79.9 Å². The van der Waals surface area contributed by atoms with Gasteiger partial charge in [-0.2, -0.15) is 10.5 Å². The third kappa shape index (κ3) is 10.9. The van der Waals surface area contributed by atoms with Crippen LogP contribution >= 0.6 is 22.7 Å². The molecule has 2 N–H and O–H groups in total. The van der Waals surface area contributed by atoms with Gasteiger partial charge in [0.1, 0.15) is 17.8 Å². The molecule has 3 aromatic carbocycles. The topological polar surface area (TPSA) is 216 Å². The van der Waals surface area contributed by atoms with Gasteiger partial charge in [-0.15, -0.1) is 11.3 Å². The normalized spacial score (nSPS) is 24.3. The molecule has 3 saturated carbocycles. The lowest BCUT2D eigenvalue weighted by molar-refractivity contribution is -0.127. The van der Waals surface area contributed by atoms with Crippen molar-refractivity contribution in [1.29, 1.82) is 10.5 Å². The van der Waals surface area contributed by atoms with Gasteiger partial charge in [0.25, 0.3) is 5.19 Å². The predicted molar refractivity (Wildman–Crippen MR) is 280 cm³/mol. The van der Waals surface area contributed by atoms with E-state index < -0.39 is 31.1 Å². The van der Waals surface area contributed by atoms with Crippen LogP contribution in [0.1, 0.15) is 97.5 Å². The van der Waals surface area contributed by atoms with E-state index in [0.29, 0.717) is 69.2 Å². The van der Waals surface area contributed by atoms with Gasteiger partial charge in [0.2, 0.25) is 11.8 Å². The van der Waals surface area contributed by atoms with Crippen LogP contribution < -0.4 is 25.2 Å². The molecular formula is C53H58N8O7S4. The monoisotopic (exact) mass is 1050 g/mol. The van der Waals surface area contributed by atoms with Gasteiger partial charge in [0, 0.05) is 61.2 Å². The number of thiazole rings is 2. The first kappa shape index (κ1) is 49.7. The number of nitriles is 2. The van der Waals surface area contributed by atoms with Gasteiger partial charge in [-0.1, -0.05) is 60.6 Å². The number of nitrogens with zero attached hydrogens (tertiary/aromatic N) is 6. The molecule has 5 fully saturated rings. The number of rotatable bonds is 13. The van der Waals surface area contributed by atoms with Crippen molar-refractivity contribution in [2.75, 3.05) is 65.5 Å². The Morgan fingerprint density at radius 2 is 1.26 bits per heavy atom. The molecule has 5 atom stereocenters. The molecule has 72 heavy (non-hydrogen) atoms. The third-order valence-electron chi connectivity index (χ3n) is 15.3. The Morgan fingerprint density at radius 1 is 0.708 bits per heavy atom. The number of benzene rings is 3. The number of aryl methyl sites for hydroxylation is 1. The Balaban J connectivity index is 0.879. The Morgan fingerprint density at radius 3 is 1.83 bits per heavy atom. The average Bonchev–Trinajstić information content (AvgIpc) is 3.86. The van der Waals surface area contributed by atoms with Crippen molar-refractivity contribution in [3.8, 4) is 44.0 Å². The Labute approximate surface area is 429 Å². The molecule has 376 valence electrons. The molecule has 0 radical (unpaired) electrons. The zero-order valence-electron chi connectivity index (χ0n) is 40.2. The minimum atomic E-state index is -3.03. The van der Waals surface area contributed by atoms with E-state index in [2.05, 4.69) is 44.7 Å². The van der Waals surface area contributed by atoms with E-state index in [9.17, 15) is 36.9 Å². The van der Waals surface area contributed by atoms with Gasteiger partial charge in [0.15, 0.2) is 19.7 Å². The quantitative estimate of drug-likeness (QED) is 0.106. The number of anilines is 2. The molecule has 5 aromatic rings. The van der Waals surface area contributed by atoms with Crippen molar-refractivity contribution in [1.82, 2.24) is 20.6 Å². The second kappa shape index (κ2) is 20.6. The number of amides is 2. The zero-order chi connectivity index (χ0) is 50.2. The fourth-order valence-corrected chi connectivity index (χ4v) is 15.5. The summed E-state index contributed by atoms with van der Waals surface area (Å²) >= 11 is 3.03. The number of sulfone groups is 2. The highest BCUT2D eigenvalue weighted by Crippen LogP contribution is 2.50. The van der Waals surface area contributed by atoms with E-state index in [4.69, 9.17) is 14.7 Å². The lowest BCUT2D eigenvalue weighted by Crippen LogP contribution is -2.42. The predicted octanol–water partition coefficient (Wildman–Crippen LogP) is 8.26. The molecule has 0 bridgehead atoms. The molecule has 2 aliphatic heterocycles. The summed E-state index contributed by atoms with van der Waals surface area (Å²) in [5, 5.41) is 26.5. The number of hydrogen-bond donors (Lipinski definition) is 2. The number of nitrogens with one attached hydrogen (secondary N) is 2. The maximum Gasteiger partial charge on any atom is 0.279 e. The van der Waals surface area contributed by atoms with Crippen LogP contribution in [0, 0.1) is 41.4 Å². The summed E-state index contributed by atoms with van der Waals surface area (Å²) in [5.41, 5.74) is 5.83. The smallest absolute Gasteiger partial charge is 0.279 e. The highest BCUT2D eigenvalue weighted by Gasteiger charge is 2.47. The minimum absolute atomic E-state index is 0.0597. The number of aromatic nitrogens is 2. The average molecular weight is 1050 g/mol. The van der Waals surface area contributed by atoms with Crippen molar-refractivity contribution >= 4 is 65.5 Å². The maximum absolute atomic E-state index is 14.0. The Hall–Kier alpha value is -5.86. The minimum Gasteiger partial charge on any atom is -0.431 e. The lowest BCUT2D eigenvalue weighted by atomic mass is 9.70. The van der Waals surface area contributed by atoms with Gasteiger partial charge in [-0.25, -0.2) is 26.8 Å². The first-order chi connectivity index (χ1) is 34.7. The Kier molecular flexibility index (Phi) is 14.2. The van der Waals surface area contributed by atoms with Crippen molar-refractivity contribution in [2.24, 2.45) is 11.8 Å². The second-order valence-electron chi connectivity index (χ2n) is 20.0. The molecule has 3 aliphatic carbocycles. The summed E-state index contributed by atoms with van der Waals surface area (Å²) in [6.07, 6.45) is 6.74. The fourth-order valence-electron chi connectivity index (χ4n) is 11.1. The van der Waals surface area contributed by atoms with E-state index in [1.165, 1.54) is 11.3 Å². The van der Waals surface area contributed by atoms with E-state index in [1.54, 1.807) is 11.3 Å². The van der Waals surface area contributed by atoms with Crippen LogP contribution in [0.4, 0.5) is 11.4 Å². The molecule has 2 amide bonds. The fraction of sp³-hybridized carbons (Fsp3) is 0.472. The summed E-state index contributed by atoms with van der Waals surface area (Å²) in [6.45, 7) is 3.70. The van der Waals surface area contributed by atoms with Gasteiger partial charge >= 0.3 is 0 Å². The largest absolute Gasteiger partial charge is 0.431 e. The van der Waals surface area contributed by atoms with Crippen LogP contribution in [-0.4, -0.2) is 99.9 Å². The molecule has 10 rings (SSSR count). The molecule has 4 heterocycles. The van der Waals surface area contributed by atoms with Crippen molar-refractivity contribution in [3.05, 3.63) is 94.8 Å². The summed E-state index contributed by atoms with van der Waals surface area (Å²) in [5.74, 6) is -0.198. The van der Waals surface area contributed by atoms with Crippen LogP contribution in [0.3, 0.4) is 0 Å². The first-order valence-electron chi connectivity index (χ1n) is 24.9. The number of carbonyl (C=O) groups is 2. The molecule has 2 saturated heterocycles. The summed E-state index contributed by atoms with van der Waals surface area (Å²) in [7, 11) is -6.03. The second-order valence-corrected chi connectivity index (χ2v) is 26.7. The molecule has 5 aliphatic rings. The maximum atomic E-state index is 14.0. The molecule has 1 unspecified atom stereocenters. The lowest BCUT2D eigenvalue weighted by Gasteiger charge is -2.35. The van der Waals surface area contributed by atoms with Crippen LogP contribution in [-0.2, 0) is 29.3 Å². The number of hydrogen-bond acceptors (Lipinski definition) is 15. The van der Waals surface area contributed by atoms with Crippen LogP contribution in [0.5, 0.6) is 10.9 Å². The van der Waals surface area contributed by atoms with Crippen molar-refractivity contribution in [3.63, 3.8) is 0 Å². The standard InChI is InChI=1S/C53H58N8O7S4/c1-34-57-46(48(69-34)36-6-13-39(14-7-36)60-24-28-71(64,65)29-25-60)43-19-12-38(32-45(43)50(62)56-23-22-54)35-10-17-41(18-11-35)68-52-58-47(42-4-2-3-5-44(42)51(63)59-53(33-55)20-21-53)49(70-52)37-8-15-40(16-9-37)61-26-30-72(66,67)31-27-61/h6-11,13-18,38,42-45H,2-5,12,19-21,23-32H2,1H3,(H,56,62)(H,59,63)/t38?,42-,43-,44-,45-/m1/s1. The van der Waals surface area contributed by atoms with Crippen LogP contribution in [0.2, 0.25) is 0 Å². The van der Waals surface area contributed by atoms with Gasteiger partial charge < -0.3 is 25.2 Å². The van der Waals surface area contributed by atoms with E-state index >= 15 is 0 Å². The van der Waals surface area contributed by atoms with Gasteiger partial charge in [-0.05, 0) is 111 Å². The van der Waals surface area contributed by atoms with Crippen LogP contribution in [0.25, 0.3) is 20.9 Å². The molecule has 15 nitrogen and oxygen atoms in total. The third-order valence-corrected chi connectivity index (χ3v) is 20.5. The summed E-state index contributed by atoms with van der Waals surface area (Å²) in [4.78, 5) is 44.2. The molecule has 0 spiro atoms. The van der Waals surface area contributed by atoms with Gasteiger partial charge in [0.05, 0.1) is 61.3 Å². The SMILES string of the molecule is Cc1nc([C@@H]2CCC(c3ccc(Oc4nc([C@@H]5CCCC[C@H]5C(=O)NC5(C#N)CC5)c(-c5ccc(N6CCS(=O)(=O)CC6)cc5)s4)cc3)C[C@H]2C(=O)NCC#N)c(-c2ccc(N3CCS(=O)(=O)CC3)cc2)s1. The summed E-state index contributed by atoms with van der Waals surface area (Å²) in [6, 6.07) is 28.6. The molecule has 19 heteroatoms. The number of carbonyl (C=O) groups excluding carboxylic acids is 2. The van der Waals surface area contributed by atoms with Gasteiger partial charge in [-0.3, -0.25) is 9.59 Å². The van der Waals surface area contributed by atoms with Crippen LogP contribution in [0.15, 0.2) is 72.8 Å². The highest BCUT2D eigenvalue weighted by molar-refractivity contribution is 7.91. The van der Waals surface area contributed by atoms with Crippen molar-refractivity contribution < 1.29 is 31.2 Å². The first-order valence-corrected chi connectivity index (χ1v) is 30.2. The zero-order valence-corrected chi connectivity index (χ0v) is 43.5. The van der Waals surface area contributed by atoms with Crippen molar-refractivity contribution in [2.45, 2.75) is 88.0 Å². The highest BCUT2D eigenvalue weighted by atomic mass is 32.2. The number of ether oxygens (including phenoxy) is 1. The van der Waals surface area contributed by atoms with E-state index in [-0.39, 0.29) is 65.0 Å². The van der Waals surface area contributed by atoms with E-state index in [1.807, 2.05) is 67.6 Å².